The van der Waals surface area contributed by atoms with Crippen molar-refractivity contribution >= 4 is 35.8 Å². The molecule has 0 heterocycles. The Morgan fingerprint density at radius 3 is 1.18 bits per heavy atom. The number of rotatable bonds is 17. The zero-order valence-corrected chi connectivity index (χ0v) is 32.3. The molecule has 0 aliphatic heterocycles. The highest BCUT2D eigenvalue weighted by atomic mass is 16.4. The number of carboxylic acid groups (broad SMARTS) is 5. The van der Waals surface area contributed by atoms with E-state index >= 15 is 0 Å². The van der Waals surface area contributed by atoms with E-state index in [1.54, 1.807) is 24.3 Å². The van der Waals surface area contributed by atoms with Crippen molar-refractivity contribution in [3.63, 3.8) is 0 Å². The minimum absolute atomic E-state index is 0.0129. The van der Waals surface area contributed by atoms with Gasteiger partial charge in [-0.05, 0) is 79.3 Å². The highest BCUT2D eigenvalue weighted by Crippen LogP contribution is 2.12. The van der Waals surface area contributed by atoms with E-state index < -0.39 is 60.1 Å². The fourth-order valence-corrected chi connectivity index (χ4v) is 3.70. The summed E-state index contributed by atoms with van der Waals surface area (Å²) in [7, 11) is 0. The third kappa shape index (κ3) is 30.9. The number of nitrogens with zero attached hydrogens (tertiary/aromatic N) is 1. The molecule has 318 valence electrons. The predicted octanol–water partition coefficient (Wildman–Crippen LogP) is 0.0339. The molecule has 20 heteroatoms. The van der Waals surface area contributed by atoms with Crippen LogP contribution in [0.3, 0.4) is 0 Å². The normalized spacial score (nSPS) is 13.2. The molecule has 0 saturated heterocycles. The molecular weight excluding hydrogens is 736 g/mol. The van der Waals surface area contributed by atoms with Gasteiger partial charge in [-0.1, -0.05) is 58.4 Å². The van der Waals surface area contributed by atoms with E-state index in [1.807, 2.05) is 27.7 Å². The van der Waals surface area contributed by atoms with E-state index in [0.717, 1.165) is 17.5 Å². The summed E-state index contributed by atoms with van der Waals surface area (Å²) in [6, 6.07) is 8.64. The van der Waals surface area contributed by atoms with Crippen LogP contribution in [-0.2, 0) is 36.8 Å². The molecular formula is C36H62N8O12. The quantitative estimate of drug-likeness (QED) is 0.0570. The Balaban J connectivity index is -0.000000633. The predicted molar refractivity (Wildman–Crippen MR) is 210 cm³/mol. The number of carboxylic acids is 5. The number of phenolic OH excluding ortho intramolecular Hbond substituents is 2. The summed E-state index contributed by atoms with van der Waals surface area (Å²) < 4.78 is 0. The van der Waals surface area contributed by atoms with Crippen molar-refractivity contribution in [3.8, 4) is 11.5 Å². The first-order valence-electron chi connectivity index (χ1n) is 17.4. The Morgan fingerprint density at radius 1 is 0.589 bits per heavy atom. The number of hydrogen-bond donors (Lipinski definition) is 14. The summed E-state index contributed by atoms with van der Waals surface area (Å²) in [6.07, 6.45) is 2.87. The van der Waals surface area contributed by atoms with Gasteiger partial charge in [0.25, 0.3) is 0 Å². The number of carbonyl (C=O) groups is 5. The molecule has 6 atom stereocenters. The van der Waals surface area contributed by atoms with Gasteiger partial charge in [0.15, 0.2) is 5.96 Å². The van der Waals surface area contributed by atoms with Crippen molar-refractivity contribution in [1.29, 1.82) is 0 Å². The van der Waals surface area contributed by atoms with Gasteiger partial charge < -0.3 is 75.9 Å². The van der Waals surface area contributed by atoms with Crippen LogP contribution in [0, 0.1) is 11.8 Å². The van der Waals surface area contributed by atoms with Crippen LogP contribution in [0.2, 0.25) is 0 Å². The summed E-state index contributed by atoms with van der Waals surface area (Å²) in [5, 5.41) is 60.0. The molecule has 6 unspecified atom stereocenters. The molecule has 0 bridgehead atoms. The molecule has 0 fully saturated rings. The maximum Gasteiger partial charge on any atom is 0.320 e. The SMILES string of the molecule is CC(C)CC(N)C(=O)O.CCC(C)C(N)C(=O)O.NC(Cc1ccc(O)cc1)C(=O)O.NC(Cc1ccc(O)cc1)C(=O)O.NC(N)=NCCCC(N)C(=O)O. The van der Waals surface area contributed by atoms with Crippen LogP contribution >= 0.6 is 0 Å². The minimum atomic E-state index is -1.02. The van der Waals surface area contributed by atoms with Gasteiger partial charge in [0.2, 0.25) is 0 Å². The molecule has 56 heavy (non-hydrogen) atoms. The molecule has 20 nitrogen and oxygen atoms in total. The minimum Gasteiger partial charge on any atom is -0.508 e. The largest absolute Gasteiger partial charge is 0.508 e. The van der Waals surface area contributed by atoms with Crippen LogP contribution in [0.1, 0.15) is 64.5 Å². The smallest absolute Gasteiger partial charge is 0.320 e. The average molecular weight is 799 g/mol. The number of guanidine groups is 1. The first kappa shape index (κ1) is 54.8. The first-order valence-corrected chi connectivity index (χ1v) is 17.4. The van der Waals surface area contributed by atoms with Crippen LogP contribution in [-0.4, -0.2) is 108 Å². The standard InChI is InChI=1S/2C9H11NO3.C6H14N4O2.2C6H13NO2/c2*10-8(9(12)13)5-6-1-3-7(11)4-2-6;7-4(5(11)12)2-1-3-10-6(8)9;1-4(2)3-5(7)6(8)9;1-3-4(2)5(7)6(8)9/h2*1-4,8,11H,5,10H2,(H,12,13);4H,1-3,7H2,(H,11,12)(H4,8,9,10);2*4-5H,3,7H2,1-2H3,(H,8,9). The molecule has 0 saturated carbocycles. The van der Waals surface area contributed by atoms with Gasteiger partial charge in [0, 0.05) is 6.54 Å². The van der Waals surface area contributed by atoms with E-state index in [9.17, 15) is 24.0 Å². The fourth-order valence-electron chi connectivity index (χ4n) is 3.70. The Hall–Kier alpha value is -5.54. The van der Waals surface area contributed by atoms with Crippen LogP contribution in [0.4, 0.5) is 0 Å². The van der Waals surface area contributed by atoms with Crippen molar-refractivity contribution in [2.24, 2.45) is 57.0 Å². The lowest BCUT2D eigenvalue weighted by molar-refractivity contribution is -0.140. The number of hydrogen-bond acceptors (Lipinski definition) is 13. The van der Waals surface area contributed by atoms with E-state index in [-0.39, 0.29) is 36.2 Å². The second-order valence-electron chi connectivity index (χ2n) is 12.8. The van der Waals surface area contributed by atoms with Crippen molar-refractivity contribution in [1.82, 2.24) is 0 Å². The summed E-state index contributed by atoms with van der Waals surface area (Å²) in [5.41, 5.74) is 38.1. The van der Waals surface area contributed by atoms with Crippen LogP contribution < -0.4 is 40.1 Å². The Bertz CT molecular complexity index is 1390. The summed E-state index contributed by atoms with van der Waals surface area (Å²) in [4.78, 5) is 55.0. The zero-order chi connectivity index (χ0) is 44.1. The average Bonchev–Trinajstić information content (AvgIpc) is 3.11. The Labute approximate surface area is 326 Å². The summed E-state index contributed by atoms with van der Waals surface area (Å²) in [6.45, 7) is 8.07. The Kier molecular flexibility index (Phi) is 30.1. The lowest BCUT2D eigenvalue weighted by Gasteiger charge is -2.11. The highest BCUT2D eigenvalue weighted by molar-refractivity contribution is 5.76. The summed E-state index contributed by atoms with van der Waals surface area (Å²) in [5.74, 6) is -4.10. The zero-order valence-electron chi connectivity index (χ0n) is 32.3. The summed E-state index contributed by atoms with van der Waals surface area (Å²) >= 11 is 0. The van der Waals surface area contributed by atoms with E-state index in [0.29, 0.717) is 31.7 Å². The molecule has 0 aromatic heterocycles. The van der Waals surface area contributed by atoms with Gasteiger partial charge in [-0.2, -0.15) is 0 Å². The van der Waals surface area contributed by atoms with Crippen molar-refractivity contribution in [3.05, 3.63) is 59.7 Å². The topological polar surface area (TPSA) is 421 Å². The molecule has 2 aromatic carbocycles. The fraction of sp³-hybridized carbons (Fsp3) is 0.500. The van der Waals surface area contributed by atoms with Crippen LogP contribution in [0.5, 0.6) is 11.5 Å². The monoisotopic (exact) mass is 798 g/mol. The third-order valence-electron chi connectivity index (χ3n) is 7.29. The molecule has 0 spiro atoms. The lowest BCUT2D eigenvalue weighted by atomic mass is 10.0. The number of aliphatic imine (C=N–C) groups is 1. The van der Waals surface area contributed by atoms with Crippen LogP contribution in [0.15, 0.2) is 53.5 Å². The maximum atomic E-state index is 10.4. The molecule has 0 aliphatic carbocycles. The maximum absolute atomic E-state index is 10.4. The second kappa shape index (κ2) is 30.7. The third-order valence-corrected chi connectivity index (χ3v) is 7.29. The van der Waals surface area contributed by atoms with Gasteiger partial charge in [-0.25, -0.2) is 0 Å². The van der Waals surface area contributed by atoms with Gasteiger partial charge >= 0.3 is 29.8 Å². The van der Waals surface area contributed by atoms with Crippen LogP contribution in [0.25, 0.3) is 0 Å². The molecule has 0 aliphatic rings. The first-order chi connectivity index (χ1) is 25.8. The van der Waals surface area contributed by atoms with Gasteiger partial charge in [-0.15, -0.1) is 0 Å². The number of benzene rings is 2. The highest BCUT2D eigenvalue weighted by Gasteiger charge is 2.17. The second-order valence-corrected chi connectivity index (χ2v) is 12.8. The van der Waals surface area contributed by atoms with Gasteiger partial charge in [0.1, 0.15) is 41.7 Å². The Morgan fingerprint density at radius 2 is 0.946 bits per heavy atom. The molecule has 2 rings (SSSR count). The van der Waals surface area contributed by atoms with E-state index in [4.69, 9.17) is 75.9 Å². The lowest BCUT2D eigenvalue weighted by Crippen LogP contribution is -2.36. The molecule has 0 radical (unpaired) electrons. The molecule has 2 aromatic rings. The number of aliphatic carboxylic acids is 5. The molecule has 21 N–H and O–H groups in total. The van der Waals surface area contributed by atoms with E-state index in [1.165, 1.54) is 24.3 Å². The van der Waals surface area contributed by atoms with Crippen molar-refractivity contribution < 1.29 is 59.7 Å². The number of phenols is 2. The number of nitrogens with two attached hydrogens (primary N) is 7. The van der Waals surface area contributed by atoms with E-state index in [2.05, 4.69) is 4.99 Å². The van der Waals surface area contributed by atoms with Gasteiger partial charge in [0.05, 0.1) is 0 Å². The number of aromatic hydroxyl groups is 2. The van der Waals surface area contributed by atoms with Crippen molar-refractivity contribution in [2.75, 3.05) is 6.54 Å². The van der Waals surface area contributed by atoms with Crippen molar-refractivity contribution in [2.45, 2.75) is 96.4 Å². The van der Waals surface area contributed by atoms with Gasteiger partial charge in [-0.3, -0.25) is 29.0 Å². The molecule has 0 amide bonds.